The Hall–Kier alpha value is -2.35. The molecule has 2 heterocycles. The van der Waals surface area contributed by atoms with Crippen LogP contribution in [0.25, 0.3) is 22.4 Å². The minimum Gasteiger partial charge on any atom is -0.406 e. The SMILES string of the molecule is CCc1nc2c(-c3ccc(OC(F)(F)F)cc3Cl)ncnc2n1C(C1CC1)C1CC1. The summed E-state index contributed by atoms with van der Waals surface area (Å²) < 4.78 is 43.8. The van der Waals surface area contributed by atoms with Crippen molar-refractivity contribution in [2.75, 3.05) is 0 Å². The Balaban J connectivity index is 1.61. The van der Waals surface area contributed by atoms with Crippen molar-refractivity contribution in [2.24, 2.45) is 11.8 Å². The number of halogens is 4. The number of hydrogen-bond donors (Lipinski definition) is 0. The summed E-state index contributed by atoms with van der Waals surface area (Å²) in [5.74, 6) is 1.93. The Morgan fingerprint density at radius 1 is 1.17 bits per heavy atom. The van der Waals surface area contributed by atoms with Gasteiger partial charge in [-0.1, -0.05) is 18.5 Å². The first kappa shape index (κ1) is 19.6. The second-order valence-electron chi connectivity index (χ2n) is 8.00. The molecule has 0 amide bonds. The minimum absolute atomic E-state index is 0.116. The van der Waals surface area contributed by atoms with Gasteiger partial charge in [-0.05, 0) is 55.7 Å². The highest BCUT2D eigenvalue weighted by atomic mass is 35.5. The summed E-state index contributed by atoms with van der Waals surface area (Å²) >= 11 is 6.31. The summed E-state index contributed by atoms with van der Waals surface area (Å²) in [6.07, 6.45) is 2.38. The van der Waals surface area contributed by atoms with E-state index < -0.39 is 6.36 Å². The van der Waals surface area contributed by atoms with Gasteiger partial charge in [0.05, 0.1) is 5.02 Å². The summed E-state index contributed by atoms with van der Waals surface area (Å²) in [6, 6.07) is 4.27. The number of ether oxygens (including phenoxy) is 1. The first-order chi connectivity index (χ1) is 14.4. The van der Waals surface area contributed by atoms with Crippen molar-refractivity contribution in [1.82, 2.24) is 19.5 Å². The van der Waals surface area contributed by atoms with Gasteiger partial charge in [0.1, 0.15) is 29.1 Å². The molecule has 0 atom stereocenters. The average Bonchev–Trinajstić information content (AvgIpc) is 3.59. The summed E-state index contributed by atoms with van der Waals surface area (Å²) in [7, 11) is 0. The number of nitrogens with zero attached hydrogens (tertiary/aromatic N) is 4. The van der Waals surface area contributed by atoms with Crippen molar-refractivity contribution in [3.63, 3.8) is 0 Å². The standard InChI is InChI=1S/C21H20ClF3N4O/c1-2-16-28-18-17(14-8-7-13(9-15(14)22)30-21(23,24)25)26-10-27-20(18)29(16)19(11-3-4-11)12-5-6-12/h7-12,19H,2-6H2,1H3. The monoisotopic (exact) mass is 436 g/mol. The van der Waals surface area contributed by atoms with Crippen molar-refractivity contribution in [3.05, 3.63) is 35.4 Å². The first-order valence-electron chi connectivity index (χ1n) is 10.1. The van der Waals surface area contributed by atoms with Crippen LogP contribution >= 0.6 is 11.6 Å². The van der Waals surface area contributed by atoms with Crippen LogP contribution < -0.4 is 4.74 Å². The number of benzene rings is 1. The van der Waals surface area contributed by atoms with Gasteiger partial charge in [0.2, 0.25) is 0 Å². The molecule has 0 aliphatic heterocycles. The molecule has 30 heavy (non-hydrogen) atoms. The second-order valence-corrected chi connectivity index (χ2v) is 8.41. The largest absolute Gasteiger partial charge is 0.573 e. The molecule has 2 saturated carbocycles. The summed E-state index contributed by atoms with van der Waals surface area (Å²) in [5.41, 5.74) is 2.42. The number of imidazole rings is 1. The van der Waals surface area contributed by atoms with Crippen molar-refractivity contribution in [1.29, 1.82) is 0 Å². The van der Waals surface area contributed by atoms with E-state index in [2.05, 4.69) is 26.2 Å². The summed E-state index contributed by atoms with van der Waals surface area (Å²) in [5, 5.41) is 0.116. The van der Waals surface area contributed by atoms with Gasteiger partial charge < -0.3 is 9.30 Å². The Morgan fingerprint density at radius 3 is 2.43 bits per heavy atom. The normalized spacial score (nSPS) is 17.1. The molecule has 0 radical (unpaired) electrons. The quantitative estimate of drug-likeness (QED) is 0.477. The van der Waals surface area contributed by atoms with E-state index >= 15 is 0 Å². The van der Waals surface area contributed by atoms with Gasteiger partial charge in [0.15, 0.2) is 5.65 Å². The average molecular weight is 437 g/mol. The van der Waals surface area contributed by atoms with Crippen LogP contribution in [0.15, 0.2) is 24.5 Å². The fraction of sp³-hybridized carbons (Fsp3) is 0.476. The molecule has 1 aromatic carbocycles. The molecule has 5 rings (SSSR count). The molecule has 9 heteroatoms. The second kappa shape index (κ2) is 7.11. The van der Waals surface area contributed by atoms with Gasteiger partial charge >= 0.3 is 6.36 Å². The number of alkyl halides is 3. The maximum Gasteiger partial charge on any atom is 0.573 e. The summed E-state index contributed by atoms with van der Waals surface area (Å²) in [6.45, 7) is 2.07. The zero-order valence-corrected chi connectivity index (χ0v) is 17.0. The van der Waals surface area contributed by atoms with Crippen LogP contribution in [0, 0.1) is 11.8 Å². The topological polar surface area (TPSA) is 52.8 Å². The predicted octanol–water partition coefficient (Wildman–Crippen LogP) is 5.97. The van der Waals surface area contributed by atoms with E-state index in [9.17, 15) is 13.2 Å². The van der Waals surface area contributed by atoms with E-state index in [0.29, 0.717) is 34.7 Å². The molecule has 158 valence electrons. The van der Waals surface area contributed by atoms with Gasteiger partial charge in [-0.3, -0.25) is 0 Å². The molecule has 2 aliphatic rings. The lowest BCUT2D eigenvalue weighted by Crippen LogP contribution is -2.17. The minimum atomic E-state index is -4.78. The van der Waals surface area contributed by atoms with Crippen molar-refractivity contribution in [2.45, 2.75) is 51.4 Å². The highest BCUT2D eigenvalue weighted by Crippen LogP contribution is 2.53. The van der Waals surface area contributed by atoms with Crippen molar-refractivity contribution in [3.8, 4) is 17.0 Å². The smallest absolute Gasteiger partial charge is 0.406 e. The van der Waals surface area contributed by atoms with Crippen LogP contribution in [0.1, 0.15) is 44.5 Å². The third-order valence-corrected chi connectivity index (χ3v) is 6.12. The van der Waals surface area contributed by atoms with E-state index in [1.807, 2.05) is 0 Å². The fourth-order valence-electron chi connectivity index (χ4n) is 4.28. The van der Waals surface area contributed by atoms with E-state index in [0.717, 1.165) is 24.0 Å². The lowest BCUT2D eigenvalue weighted by Gasteiger charge is -2.20. The molecule has 0 N–H and O–H groups in total. The fourth-order valence-corrected chi connectivity index (χ4v) is 4.54. The lowest BCUT2D eigenvalue weighted by atomic mass is 10.1. The number of hydrogen-bond acceptors (Lipinski definition) is 4. The molecule has 0 saturated heterocycles. The molecule has 2 aliphatic carbocycles. The Labute approximate surface area is 176 Å². The highest BCUT2D eigenvalue weighted by Gasteiger charge is 2.44. The van der Waals surface area contributed by atoms with Crippen LogP contribution in [-0.2, 0) is 6.42 Å². The maximum atomic E-state index is 12.5. The number of aryl methyl sites for hydroxylation is 1. The Morgan fingerprint density at radius 2 is 1.87 bits per heavy atom. The Bertz CT molecular complexity index is 1090. The highest BCUT2D eigenvalue weighted by molar-refractivity contribution is 6.33. The van der Waals surface area contributed by atoms with Crippen molar-refractivity contribution >= 4 is 22.8 Å². The van der Waals surface area contributed by atoms with Crippen molar-refractivity contribution < 1.29 is 17.9 Å². The van der Waals surface area contributed by atoms with Gasteiger partial charge in [-0.2, -0.15) is 0 Å². The molecule has 2 aromatic heterocycles. The molecular weight excluding hydrogens is 417 g/mol. The first-order valence-corrected chi connectivity index (χ1v) is 10.5. The van der Waals surface area contributed by atoms with E-state index in [-0.39, 0.29) is 10.8 Å². The third-order valence-electron chi connectivity index (χ3n) is 5.80. The third kappa shape index (κ3) is 3.62. The van der Waals surface area contributed by atoms with E-state index in [1.165, 1.54) is 44.1 Å². The molecule has 0 spiro atoms. The number of rotatable bonds is 6. The van der Waals surface area contributed by atoms with Crippen LogP contribution in [0.2, 0.25) is 5.02 Å². The van der Waals surface area contributed by atoms with Gasteiger partial charge in [-0.25, -0.2) is 15.0 Å². The van der Waals surface area contributed by atoms with Gasteiger partial charge in [0, 0.05) is 18.0 Å². The molecule has 0 bridgehead atoms. The van der Waals surface area contributed by atoms with Crippen LogP contribution in [-0.4, -0.2) is 25.9 Å². The van der Waals surface area contributed by atoms with Crippen LogP contribution in [0.3, 0.4) is 0 Å². The maximum absolute atomic E-state index is 12.5. The zero-order valence-electron chi connectivity index (χ0n) is 16.3. The molecule has 0 unspecified atom stereocenters. The molecular formula is C21H20ClF3N4O. The van der Waals surface area contributed by atoms with Crippen LogP contribution in [0.4, 0.5) is 13.2 Å². The van der Waals surface area contributed by atoms with E-state index in [1.54, 1.807) is 0 Å². The summed E-state index contributed by atoms with van der Waals surface area (Å²) in [4.78, 5) is 13.8. The van der Waals surface area contributed by atoms with Crippen LogP contribution in [0.5, 0.6) is 5.75 Å². The van der Waals surface area contributed by atoms with E-state index in [4.69, 9.17) is 16.6 Å². The zero-order chi connectivity index (χ0) is 21.0. The number of aromatic nitrogens is 4. The predicted molar refractivity (Wildman–Crippen MR) is 106 cm³/mol. The van der Waals surface area contributed by atoms with Gasteiger partial charge in [0.25, 0.3) is 0 Å². The molecule has 3 aromatic rings. The number of fused-ring (bicyclic) bond motifs is 1. The molecule has 2 fully saturated rings. The molecule has 5 nitrogen and oxygen atoms in total. The Kier molecular flexibility index (Phi) is 4.65. The van der Waals surface area contributed by atoms with Gasteiger partial charge in [-0.15, -0.1) is 13.2 Å². The lowest BCUT2D eigenvalue weighted by molar-refractivity contribution is -0.274.